The Kier molecular flexibility index (Phi) is 9.07. The summed E-state index contributed by atoms with van der Waals surface area (Å²) in [7, 11) is 0. The van der Waals surface area contributed by atoms with Crippen molar-refractivity contribution >= 4 is 5.97 Å². The predicted octanol–water partition coefficient (Wildman–Crippen LogP) is 4.87. The van der Waals surface area contributed by atoms with Crippen LogP contribution >= 0.6 is 0 Å². The quantitative estimate of drug-likeness (QED) is 0.299. The van der Waals surface area contributed by atoms with Crippen LogP contribution in [0.4, 0.5) is 0 Å². The molecule has 1 heterocycles. The maximum Gasteiger partial charge on any atom is 0.303 e. The van der Waals surface area contributed by atoms with E-state index >= 15 is 0 Å². The fourth-order valence-corrected chi connectivity index (χ4v) is 2.46. The fourth-order valence-electron chi connectivity index (χ4n) is 2.46. The Morgan fingerprint density at radius 1 is 1.10 bits per heavy atom. The van der Waals surface area contributed by atoms with E-state index in [1.54, 1.807) is 0 Å². The molecule has 0 saturated carbocycles. The molecule has 0 bridgehead atoms. The third-order valence-corrected chi connectivity index (χ3v) is 3.97. The number of hydrogen-bond donors (Lipinski definition) is 1. The van der Waals surface area contributed by atoms with Crippen molar-refractivity contribution in [3.05, 3.63) is 24.3 Å². The van der Waals surface area contributed by atoms with Crippen LogP contribution < -0.4 is 0 Å². The molecule has 0 radical (unpaired) electrons. The van der Waals surface area contributed by atoms with Crippen molar-refractivity contribution in [1.82, 2.24) is 0 Å². The maximum absolute atomic E-state index is 10.4. The molecule has 120 valence electrons. The minimum atomic E-state index is -0.677. The third kappa shape index (κ3) is 9.46. The van der Waals surface area contributed by atoms with Crippen molar-refractivity contribution in [1.29, 1.82) is 0 Å². The van der Waals surface area contributed by atoms with Gasteiger partial charge in [-0.1, -0.05) is 43.6 Å². The molecule has 0 aromatic carbocycles. The van der Waals surface area contributed by atoms with Crippen molar-refractivity contribution in [3.63, 3.8) is 0 Å². The molecule has 0 amide bonds. The number of hydrogen-bond acceptors (Lipinski definition) is 2. The van der Waals surface area contributed by atoms with Gasteiger partial charge in [0.25, 0.3) is 0 Å². The first-order chi connectivity index (χ1) is 10.2. The Balaban J connectivity index is 1.92. The van der Waals surface area contributed by atoms with Crippen LogP contribution in [0.25, 0.3) is 0 Å². The number of carboxylic acids is 1. The first kappa shape index (κ1) is 18.0. The molecule has 1 aliphatic heterocycles. The topological polar surface area (TPSA) is 49.8 Å². The van der Waals surface area contributed by atoms with Crippen LogP contribution in [-0.2, 0) is 9.53 Å². The van der Waals surface area contributed by atoms with E-state index in [4.69, 9.17) is 9.84 Å². The second-order valence-corrected chi connectivity index (χ2v) is 5.96. The van der Waals surface area contributed by atoms with Gasteiger partial charge in [-0.15, -0.1) is 0 Å². The van der Waals surface area contributed by atoms with E-state index < -0.39 is 5.97 Å². The Morgan fingerprint density at radius 2 is 1.81 bits per heavy atom. The zero-order chi connectivity index (χ0) is 15.4. The highest BCUT2D eigenvalue weighted by molar-refractivity contribution is 5.66. The lowest BCUT2D eigenvalue weighted by molar-refractivity contribution is -0.137. The Labute approximate surface area is 129 Å². The standard InChI is InChI=1S/C18H30O3/c1-2-3-11-14-18(16-21-18)15-12-9-7-5-4-6-8-10-13-17(19)20/h2-3,9,12H,4-8,10-11,13-16H2,1H3,(H,19,20)/b3-2+,12-9-/t18-/m1/s1. The van der Waals surface area contributed by atoms with Gasteiger partial charge < -0.3 is 9.84 Å². The number of rotatable bonds is 13. The van der Waals surface area contributed by atoms with Gasteiger partial charge >= 0.3 is 5.97 Å². The van der Waals surface area contributed by atoms with E-state index in [2.05, 4.69) is 31.2 Å². The van der Waals surface area contributed by atoms with E-state index in [1.165, 1.54) is 12.8 Å². The first-order valence-electron chi connectivity index (χ1n) is 8.30. The van der Waals surface area contributed by atoms with Gasteiger partial charge in [0, 0.05) is 6.42 Å². The van der Waals surface area contributed by atoms with E-state index in [0.717, 1.165) is 51.6 Å². The molecule has 1 saturated heterocycles. The van der Waals surface area contributed by atoms with E-state index in [-0.39, 0.29) is 5.60 Å². The van der Waals surface area contributed by atoms with E-state index in [1.807, 2.05) is 0 Å². The molecule has 1 aliphatic rings. The number of epoxide rings is 1. The minimum absolute atomic E-state index is 0.146. The summed E-state index contributed by atoms with van der Waals surface area (Å²) in [6.45, 7) is 2.97. The lowest BCUT2D eigenvalue weighted by Crippen LogP contribution is -2.08. The number of carbonyl (C=O) groups is 1. The van der Waals surface area contributed by atoms with Crippen molar-refractivity contribution in [2.45, 2.75) is 76.7 Å². The molecule has 21 heavy (non-hydrogen) atoms. The van der Waals surface area contributed by atoms with Crippen molar-refractivity contribution in [2.75, 3.05) is 6.61 Å². The number of aliphatic carboxylic acids is 1. The predicted molar refractivity (Wildman–Crippen MR) is 86.4 cm³/mol. The van der Waals surface area contributed by atoms with Gasteiger partial charge in [-0.3, -0.25) is 4.79 Å². The highest BCUT2D eigenvalue weighted by atomic mass is 16.6. The SMILES string of the molecule is C/C=C/CC[C@@]1(C/C=C\CCCCCCCC(=O)O)CO1. The Hall–Kier alpha value is -1.09. The largest absolute Gasteiger partial charge is 0.481 e. The molecule has 0 aliphatic carbocycles. The molecule has 1 fully saturated rings. The lowest BCUT2D eigenvalue weighted by atomic mass is 9.99. The summed E-state index contributed by atoms with van der Waals surface area (Å²) in [5.74, 6) is -0.677. The second kappa shape index (κ2) is 10.6. The Bertz CT molecular complexity index is 340. The zero-order valence-electron chi connectivity index (χ0n) is 13.4. The molecular formula is C18H30O3. The van der Waals surface area contributed by atoms with Gasteiger partial charge in [0.2, 0.25) is 0 Å². The number of carboxylic acid groups (broad SMARTS) is 1. The van der Waals surface area contributed by atoms with Crippen LogP contribution in [0.5, 0.6) is 0 Å². The molecule has 3 nitrogen and oxygen atoms in total. The fraction of sp³-hybridized carbons (Fsp3) is 0.722. The molecule has 0 spiro atoms. The van der Waals surface area contributed by atoms with Gasteiger partial charge in [-0.05, 0) is 45.4 Å². The van der Waals surface area contributed by atoms with Crippen LogP contribution in [0.3, 0.4) is 0 Å². The van der Waals surface area contributed by atoms with Crippen LogP contribution in [0.1, 0.15) is 71.1 Å². The van der Waals surface area contributed by atoms with Crippen molar-refractivity contribution in [3.8, 4) is 0 Å². The maximum atomic E-state index is 10.4. The summed E-state index contributed by atoms with van der Waals surface area (Å²) in [5, 5.41) is 8.53. The van der Waals surface area contributed by atoms with Gasteiger partial charge in [0.05, 0.1) is 12.2 Å². The number of ether oxygens (including phenoxy) is 1. The van der Waals surface area contributed by atoms with Gasteiger partial charge in [-0.2, -0.15) is 0 Å². The van der Waals surface area contributed by atoms with Crippen molar-refractivity contribution < 1.29 is 14.6 Å². The zero-order valence-corrected chi connectivity index (χ0v) is 13.4. The molecule has 3 heteroatoms. The van der Waals surface area contributed by atoms with Gasteiger partial charge in [0.1, 0.15) is 0 Å². The van der Waals surface area contributed by atoms with E-state index in [0.29, 0.717) is 6.42 Å². The summed E-state index contributed by atoms with van der Waals surface area (Å²) in [6.07, 6.45) is 19.0. The van der Waals surface area contributed by atoms with E-state index in [9.17, 15) is 4.79 Å². The summed E-state index contributed by atoms with van der Waals surface area (Å²) in [6, 6.07) is 0. The smallest absolute Gasteiger partial charge is 0.303 e. The average Bonchev–Trinajstić information content (AvgIpc) is 3.21. The molecule has 0 aromatic heterocycles. The Morgan fingerprint density at radius 3 is 2.48 bits per heavy atom. The summed E-state index contributed by atoms with van der Waals surface area (Å²) in [5.41, 5.74) is 0.146. The summed E-state index contributed by atoms with van der Waals surface area (Å²) in [4.78, 5) is 10.4. The molecule has 0 aromatic rings. The highest BCUT2D eigenvalue weighted by Gasteiger charge is 2.42. The van der Waals surface area contributed by atoms with Crippen LogP contribution in [0.15, 0.2) is 24.3 Å². The second-order valence-electron chi connectivity index (χ2n) is 5.96. The summed E-state index contributed by atoms with van der Waals surface area (Å²) < 4.78 is 5.60. The molecule has 1 N–H and O–H groups in total. The lowest BCUT2D eigenvalue weighted by Gasteiger charge is -2.06. The highest BCUT2D eigenvalue weighted by Crippen LogP contribution is 2.36. The minimum Gasteiger partial charge on any atom is -0.481 e. The van der Waals surface area contributed by atoms with Gasteiger partial charge in [0.15, 0.2) is 0 Å². The normalized spacial score (nSPS) is 21.4. The number of allylic oxidation sites excluding steroid dienone is 3. The van der Waals surface area contributed by atoms with Crippen molar-refractivity contribution in [2.24, 2.45) is 0 Å². The first-order valence-corrected chi connectivity index (χ1v) is 8.30. The molecule has 1 rings (SSSR count). The summed E-state index contributed by atoms with van der Waals surface area (Å²) >= 11 is 0. The molecule has 0 unspecified atom stereocenters. The monoisotopic (exact) mass is 294 g/mol. The van der Waals surface area contributed by atoms with Gasteiger partial charge in [-0.25, -0.2) is 0 Å². The average molecular weight is 294 g/mol. The molecule has 1 atom stereocenters. The van der Waals surface area contributed by atoms with Crippen LogP contribution in [0, 0.1) is 0 Å². The third-order valence-electron chi connectivity index (χ3n) is 3.97. The molecular weight excluding hydrogens is 264 g/mol. The van der Waals surface area contributed by atoms with Crippen LogP contribution in [0.2, 0.25) is 0 Å². The number of unbranched alkanes of at least 4 members (excludes halogenated alkanes) is 5. The van der Waals surface area contributed by atoms with Crippen LogP contribution in [-0.4, -0.2) is 23.3 Å².